The molecule has 0 amide bonds. The number of ketones is 2. The zero-order valence-corrected chi connectivity index (χ0v) is 30.8. The van der Waals surface area contributed by atoms with Gasteiger partial charge in [-0.2, -0.15) is 9.97 Å². The molecule has 0 atom stereocenters. The summed E-state index contributed by atoms with van der Waals surface area (Å²) in [4.78, 5) is 43.1. The first-order valence-corrected chi connectivity index (χ1v) is 18.7. The molecular weight excluding hydrogens is 689 g/mol. The molecule has 0 unspecified atom stereocenters. The van der Waals surface area contributed by atoms with Crippen molar-refractivity contribution in [1.82, 2.24) is 19.5 Å². The number of fused-ring (bicyclic) bond motifs is 7. The van der Waals surface area contributed by atoms with Crippen molar-refractivity contribution >= 4 is 33.4 Å². The first-order valence-electron chi connectivity index (χ1n) is 18.7. The van der Waals surface area contributed by atoms with Crippen LogP contribution >= 0.6 is 0 Å². The molecule has 0 bridgehead atoms. The summed E-state index contributed by atoms with van der Waals surface area (Å²) in [7, 11) is 0. The van der Waals surface area contributed by atoms with Crippen LogP contribution in [0.25, 0.3) is 61.7 Å². The monoisotopic (exact) mass is 722 g/mol. The molecule has 10 rings (SSSR count). The molecule has 6 nitrogen and oxygen atoms in total. The summed E-state index contributed by atoms with van der Waals surface area (Å²) in [6.45, 7) is 4.44. The van der Waals surface area contributed by atoms with Crippen molar-refractivity contribution in [2.75, 3.05) is 0 Å². The molecular formula is C50H34N4O2. The van der Waals surface area contributed by atoms with Gasteiger partial charge in [-0.25, -0.2) is 4.98 Å². The molecule has 0 N–H and O–H groups in total. The van der Waals surface area contributed by atoms with Gasteiger partial charge in [0.1, 0.15) is 0 Å². The topological polar surface area (TPSA) is 77.7 Å². The summed E-state index contributed by atoms with van der Waals surface area (Å²) in [5, 5.41) is 1.99. The average Bonchev–Trinajstić information content (AvgIpc) is 3.71. The highest BCUT2D eigenvalue weighted by atomic mass is 16.1. The Morgan fingerprint density at radius 1 is 0.482 bits per heavy atom. The number of rotatable bonds is 7. The zero-order chi connectivity index (χ0) is 38.0. The normalized spacial score (nSPS) is 12.8. The lowest BCUT2D eigenvalue weighted by Gasteiger charge is -2.24. The maximum absolute atomic E-state index is 14.0. The highest BCUT2D eigenvalue weighted by Crippen LogP contribution is 2.53. The smallest absolute Gasteiger partial charge is 0.238 e. The van der Waals surface area contributed by atoms with Gasteiger partial charge < -0.3 is 0 Å². The minimum atomic E-state index is -0.524. The van der Waals surface area contributed by atoms with Crippen LogP contribution in [0.15, 0.2) is 170 Å². The summed E-state index contributed by atoms with van der Waals surface area (Å²) in [5.74, 6) is 1.45. The van der Waals surface area contributed by atoms with E-state index in [1.807, 2.05) is 146 Å². The predicted octanol–water partition coefficient (Wildman–Crippen LogP) is 11.1. The van der Waals surface area contributed by atoms with Gasteiger partial charge in [0.2, 0.25) is 5.95 Å². The maximum Gasteiger partial charge on any atom is 0.238 e. The third kappa shape index (κ3) is 5.29. The fourth-order valence-electron chi connectivity index (χ4n) is 8.29. The van der Waals surface area contributed by atoms with Crippen molar-refractivity contribution < 1.29 is 9.59 Å². The molecule has 0 spiro atoms. The number of benzene rings is 7. The Balaban J connectivity index is 1.27. The van der Waals surface area contributed by atoms with Crippen molar-refractivity contribution in [2.45, 2.75) is 19.3 Å². The minimum Gasteiger partial charge on any atom is -0.289 e. The lowest BCUT2D eigenvalue weighted by Crippen LogP contribution is -2.18. The van der Waals surface area contributed by atoms with E-state index in [-0.39, 0.29) is 11.6 Å². The van der Waals surface area contributed by atoms with E-state index in [4.69, 9.17) is 15.0 Å². The molecule has 0 radical (unpaired) electrons. The number of hydrogen-bond donors (Lipinski definition) is 0. The molecule has 7 aromatic carbocycles. The molecule has 0 aliphatic heterocycles. The Hall–Kier alpha value is -7.31. The van der Waals surface area contributed by atoms with Crippen LogP contribution in [-0.4, -0.2) is 31.1 Å². The third-order valence-electron chi connectivity index (χ3n) is 11.0. The van der Waals surface area contributed by atoms with Gasteiger partial charge in [-0.05, 0) is 34.4 Å². The summed E-state index contributed by atoms with van der Waals surface area (Å²) in [5.41, 5.74) is 9.79. The van der Waals surface area contributed by atoms with E-state index in [1.54, 1.807) is 0 Å². The van der Waals surface area contributed by atoms with Crippen LogP contribution in [0.4, 0.5) is 0 Å². The van der Waals surface area contributed by atoms with Crippen molar-refractivity contribution in [3.63, 3.8) is 0 Å². The van der Waals surface area contributed by atoms with Crippen LogP contribution in [0.5, 0.6) is 0 Å². The summed E-state index contributed by atoms with van der Waals surface area (Å²) < 4.78 is 2.12. The Morgan fingerprint density at radius 2 is 0.964 bits per heavy atom. The van der Waals surface area contributed by atoms with E-state index < -0.39 is 5.41 Å². The second-order valence-corrected chi connectivity index (χ2v) is 14.7. The summed E-state index contributed by atoms with van der Waals surface area (Å²) >= 11 is 0. The van der Waals surface area contributed by atoms with Gasteiger partial charge in [0, 0.05) is 49.6 Å². The molecule has 9 aromatic rings. The highest BCUT2D eigenvalue weighted by molar-refractivity contribution is 6.16. The molecule has 0 saturated heterocycles. The number of nitrogens with zero attached hydrogens (tertiary/aromatic N) is 4. The number of hydrogen-bond acceptors (Lipinski definition) is 5. The highest BCUT2D eigenvalue weighted by Gasteiger charge is 2.39. The first kappa shape index (κ1) is 33.3. The van der Waals surface area contributed by atoms with E-state index in [9.17, 15) is 9.59 Å². The molecule has 56 heavy (non-hydrogen) atoms. The number of aromatic nitrogens is 4. The maximum atomic E-state index is 14.0. The van der Waals surface area contributed by atoms with Gasteiger partial charge in [-0.15, -0.1) is 0 Å². The first-order chi connectivity index (χ1) is 27.4. The number of carbonyl (C=O) groups excluding carboxylic acids is 2. The fraction of sp³-hybridized carbons (Fsp3) is 0.0600. The van der Waals surface area contributed by atoms with Crippen molar-refractivity contribution in [1.29, 1.82) is 0 Å². The van der Waals surface area contributed by atoms with E-state index in [2.05, 4.69) is 42.7 Å². The van der Waals surface area contributed by atoms with Crippen LogP contribution in [0.3, 0.4) is 0 Å². The summed E-state index contributed by atoms with van der Waals surface area (Å²) in [6.07, 6.45) is 0. The molecule has 2 heterocycles. The van der Waals surface area contributed by atoms with E-state index in [0.717, 1.165) is 55.2 Å². The van der Waals surface area contributed by atoms with Crippen molar-refractivity contribution in [2.24, 2.45) is 0 Å². The molecule has 0 saturated carbocycles. The lowest BCUT2D eigenvalue weighted by atomic mass is 9.80. The van der Waals surface area contributed by atoms with Crippen LogP contribution in [-0.2, 0) is 5.41 Å². The Morgan fingerprint density at radius 3 is 1.54 bits per heavy atom. The van der Waals surface area contributed by atoms with E-state index in [1.165, 1.54) is 0 Å². The second kappa shape index (κ2) is 12.9. The lowest BCUT2D eigenvalue weighted by molar-refractivity contribution is 0.103. The standard InChI is InChI=1S/C50H34N4O2/c1-50(2)41-29-35(45(55)31-15-7-3-8-16-31)23-25-37(41)39-27-28-40-38-26-24-36(46(56)32-17-9-4-10-18-32)30-42(38)54(44(40)43(39)50)49-52-47(33-19-11-5-12-20-33)51-48(53-49)34-21-13-6-14-22-34/h3-30H,1-2H3. The van der Waals surface area contributed by atoms with Crippen LogP contribution in [0.1, 0.15) is 56.8 Å². The van der Waals surface area contributed by atoms with Gasteiger partial charge >= 0.3 is 0 Å². The van der Waals surface area contributed by atoms with Crippen LogP contribution in [0, 0.1) is 0 Å². The van der Waals surface area contributed by atoms with E-state index in [0.29, 0.717) is 39.9 Å². The molecule has 1 aliphatic carbocycles. The van der Waals surface area contributed by atoms with E-state index >= 15 is 0 Å². The van der Waals surface area contributed by atoms with Gasteiger partial charge in [-0.3, -0.25) is 14.2 Å². The SMILES string of the molecule is CC1(C)c2cc(C(=O)c3ccccc3)ccc2-c2ccc3c4ccc(C(=O)c5ccccc5)cc4n(-c4nc(-c5ccccc5)nc(-c5ccccc5)n4)c3c21. The molecule has 0 fully saturated rings. The summed E-state index contributed by atoms with van der Waals surface area (Å²) in [6, 6.07) is 55.0. The Labute approximate surface area is 323 Å². The predicted molar refractivity (Wildman–Crippen MR) is 222 cm³/mol. The van der Waals surface area contributed by atoms with Crippen LogP contribution in [0.2, 0.25) is 0 Å². The fourth-order valence-corrected chi connectivity index (χ4v) is 8.29. The Bertz CT molecular complexity index is 2950. The van der Waals surface area contributed by atoms with Gasteiger partial charge in [-0.1, -0.05) is 172 Å². The molecule has 2 aromatic heterocycles. The van der Waals surface area contributed by atoms with Gasteiger partial charge in [0.25, 0.3) is 0 Å². The minimum absolute atomic E-state index is 0.0119. The van der Waals surface area contributed by atoms with Crippen molar-refractivity contribution in [3.8, 4) is 39.9 Å². The quantitative estimate of drug-likeness (QED) is 0.153. The zero-order valence-electron chi connectivity index (χ0n) is 30.8. The largest absolute Gasteiger partial charge is 0.289 e. The molecule has 6 heteroatoms. The molecule has 266 valence electrons. The van der Waals surface area contributed by atoms with Gasteiger partial charge in [0.15, 0.2) is 23.2 Å². The van der Waals surface area contributed by atoms with Crippen LogP contribution < -0.4 is 0 Å². The average molecular weight is 723 g/mol. The second-order valence-electron chi connectivity index (χ2n) is 14.7. The van der Waals surface area contributed by atoms with Crippen molar-refractivity contribution in [3.05, 3.63) is 203 Å². The number of carbonyl (C=O) groups is 2. The Kier molecular flexibility index (Phi) is 7.68. The third-order valence-corrected chi connectivity index (χ3v) is 11.0. The molecule has 1 aliphatic rings. The van der Waals surface area contributed by atoms with Gasteiger partial charge in [0.05, 0.1) is 11.0 Å².